The van der Waals surface area contributed by atoms with E-state index in [4.69, 9.17) is 0 Å². The summed E-state index contributed by atoms with van der Waals surface area (Å²) in [5.41, 5.74) is 3.99. The van der Waals surface area contributed by atoms with Crippen LogP contribution in [0.15, 0.2) is 60.8 Å². The van der Waals surface area contributed by atoms with E-state index in [1.54, 1.807) is 18.3 Å². The van der Waals surface area contributed by atoms with Gasteiger partial charge < -0.3 is 10.2 Å². The third-order valence-electron chi connectivity index (χ3n) is 7.00. The highest BCUT2D eigenvalue weighted by Gasteiger charge is 2.67. The van der Waals surface area contributed by atoms with Gasteiger partial charge >= 0.3 is 19.2 Å². The maximum absolute atomic E-state index is 13.8. The van der Waals surface area contributed by atoms with E-state index < -0.39 is 37.0 Å². The molecule has 182 valence electrons. The van der Waals surface area contributed by atoms with Crippen molar-refractivity contribution in [3.8, 4) is 22.4 Å². The molecule has 1 aromatic heterocycles. The molecular formula is C27H28FNO5P+. The van der Waals surface area contributed by atoms with Crippen LogP contribution in [0.3, 0.4) is 0 Å². The number of hydrogen-bond acceptors (Lipinski definition) is 4. The summed E-state index contributed by atoms with van der Waals surface area (Å²) >= 11 is 0. The number of rotatable bonds is 9. The molecule has 4 rings (SSSR count). The molecule has 4 unspecified atom stereocenters. The summed E-state index contributed by atoms with van der Waals surface area (Å²) in [6.45, 7) is 3.10. The zero-order chi connectivity index (χ0) is 25.3. The largest absolute Gasteiger partial charge is 0.527 e. The van der Waals surface area contributed by atoms with Crippen LogP contribution in [0, 0.1) is 18.7 Å². The number of nitrogens with zero attached hydrogens (tertiary/aromatic N) is 1. The SMILES string of the molecule is Cc1c(-c2ccccc2)ncc(C(CC2CC2)C(C(=O)O)(C(C)O)[P+](=O)O)c1-c1ccc(F)cc1. The van der Waals surface area contributed by atoms with Crippen LogP contribution in [-0.4, -0.2) is 37.3 Å². The van der Waals surface area contributed by atoms with Crippen molar-refractivity contribution >= 4 is 14.0 Å². The van der Waals surface area contributed by atoms with E-state index in [1.165, 1.54) is 19.1 Å². The lowest BCUT2D eigenvalue weighted by Gasteiger charge is -2.32. The maximum atomic E-state index is 13.8. The quantitative estimate of drug-likeness (QED) is 0.329. The van der Waals surface area contributed by atoms with Crippen LogP contribution in [0.25, 0.3) is 22.4 Å². The van der Waals surface area contributed by atoms with Gasteiger partial charge in [0.1, 0.15) is 11.9 Å². The van der Waals surface area contributed by atoms with Gasteiger partial charge in [-0.3, -0.25) is 4.98 Å². The summed E-state index contributed by atoms with van der Waals surface area (Å²) in [5, 5.41) is 18.6. The Balaban J connectivity index is 2.03. The average Bonchev–Trinajstić information content (AvgIpc) is 3.63. The summed E-state index contributed by atoms with van der Waals surface area (Å²) in [6.07, 6.45) is 2.04. The van der Waals surface area contributed by atoms with E-state index >= 15 is 0 Å². The lowest BCUT2D eigenvalue weighted by atomic mass is 9.75. The number of carbonyl (C=O) groups is 1. The van der Waals surface area contributed by atoms with Crippen molar-refractivity contribution in [2.45, 2.75) is 50.3 Å². The molecule has 1 saturated carbocycles. The number of carboxylic acid groups (broad SMARTS) is 1. The molecule has 3 aromatic rings. The number of aliphatic hydroxyl groups is 1. The summed E-state index contributed by atoms with van der Waals surface area (Å²) < 4.78 is 26.5. The lowest BCUT2D eigenvalue weighted by molar-refractivity contribution is -0.144. The Morgan fingerprint density at radius 3 is 2.29 bits per heavy atom. The van der Waals surface area contributed by atoms with Crippen molar-refractivity contribution in [2.24, 2.45) is 5.92 Å². The van der Waals surface area contributed by atoms with Gasteiger partial charge in [-0.2, -0.15) is 4.89 Å². The van der Waals surface area contributed by atoms with Gasteiger partial charge in [-0.15, -0.1) is 0 Å². The number of carboxylic acids is 1. The molecule has 0 saturated heterocycles. The van der Waals surface area contributed by atoms with Gasteiger partial charge in [0.25, 0.3) is 0 Å². The predicted octanol–water partition coefficient (Wildman–Crippen LogP) is 5.69. The number of aliphatic hydroxyl groups excluding tert-OH is 1. The van der Waals surface area contributed by atoms with E-state index in [1.807, 2.05) is 37.3 Å². The zero-order valence-corrected chi connectivity index (χ0v) is 20.5. The molecule has 0 bridgehead atoms. The first-order valence-corrected chi connectivity index (χ1v) is 12.8. The zero-order valence-electron chi connectivity index (χ0n) is 19.6. The van der Waals surface area contributed by atoms with Crippen LogP contribution < -0.4 is 0 Å². The number of aromatic nitrogens is 1. The van der Waals surface area contributed by atoms with Crippen LogP contribution in [0.2, 0.25) is 0 Å². The van der Waals surface area contributed by atoms with Gasteiger partial charge in [-0.05, 0) is 65.1 Å². The summed E-state index contributed by atoms with van der Waals surface area (Å²) in [6, 6.07) is 15.3. The minimum atomic E-state index is -3.33. The van der Waals surface area contributed by atoms with Crippen molar-refractivity contribution in [1.29, 1.82) is 0 Å². The van der Waals surface area contributed by atoms with E-state index in [9.17, 15) is 28.9 Å². The fourth-order valence-electron chi connectivity index (χ4n) is 5.01. The molecule has 0 amide bonds. The number of benzene rings is 2. The number of aliphatic carboxylic acids is 1. The van der Waals surface area contributed by atoms with Crippen LogP contribution in [-0.2, 0) is 9.36 Å². The molecule has 2 aromatic carbocycles. The minimum absolute atomic E-state index is 0.183. The Labute approximate surface area is 204 Å². The molecule has 4 atom stereocenters. The summed E-state index contributed by atoms with van der Waals surface area (Å²) in [5.74, 6) is -2.75. The van der Waals surface area contributed by atoms with Crippen molar-refractivity contribution in [3.63, 3.8) is 0 Å². The molecule has 0 aliphatic heterocycles. The average molecular weight is 496 g/mol. The van der Waals surface area contributed by atoms with E-state index in [0.29, 0.717) is 28.8 Å². The second kappa shape index (κ2) is 9.94. The molecule has 6 nitrogen and oxygen atoms in total. The smallest absolute Gasteiger partial charge is 0.477 e. The number of hydrogen-bond donors (Lipinski definition) is 3. The molecular weight excluding hydrogens is 468 g/mol. The fraction of sp³-hybridized carbons (Fsp3) is 0.333. The monoisotopic (exact) mass is 496 g/mol. The molecule has 35 heavy (non-hydrogen) atoms. The third kappa shape index (κ3) is 4.64. The fourth-order valence-corrected chi connectivity index (χ4v) is 6.00. The Kier molecular flexibility index (Phi) is 7.13. The predicted molar refractivity (Wildman–Crippen MR) is 132 cm³/mol. The topological polar surface area (TPSA) is 108 Å². The van der Waals surface area contributed by atoms with Gasteiger partial charge in [0.05, 0.1) is 11.6 Å². The molecule has 1 aliphatic rings. The molecule has 1 heterocycles. The lowest BCUT2D eigenvalue weighted by Crippen LogP contribution is -2.50. The Hall–Kier alpha value is -2.99. The van der Waals surface area contributed by atoms with Gasteiger partial charge in [-0.25, -0.2) is 9.18 Å². The summed E-state index contributed by atoms with van der Waals surface area (Å²) in [4.78, 5) is 27.6. The van der Waals surface area contributed by atoms with E-state index in [2.05, 4.69) is 4.98 Å². The molecule has 1 aliphatic carbocycles. The third-order valence-corrected chi connectivity index (χ3v) is 8.51. The molecule has 0 spiro atoms. The van der Waals surface area contributed by atoms with Gasteiger partial charge in [0, 0.05) is 11.8 Å². The first kappa shape index (κ1) is 25.1. The number of pyridine rings is 1. The standard InChI is InChI=1S/C27H27FNO5P/c1-16-24(19-10-12-21(28)13-11-19)22(15-29-25(16)20-6-4-3-5-7-20)23(14-18-8-9-18)27(17(2)30,26(31)32)35(33)34/h3-7,10-13,15,17-18,23,30H,8-9,14H2,1-2H3,(H-,31,32,33,34)/p+1. The molecule has 8 heteroatoms. The second-order valence-electron chi connectivity index (χ2n) is 9.25. The van der Waals surface area contributed by atoms with Crippen LogP contribution in [0.5, 0.6) is 0 Å². The van der Waals surface area contributed by atoms with Crippen molar-refractivity contribution in [3.05, 3.63) is 77.7 Å². The molecule has 1 fully saturated rings. The summed E-state index contributed by atoms with van der Waals surface area (Å²) in [7, 11) is -3.33. The highest BCUT2D eigenvalue weighted by Crippen LogP contribution is 2.56. The second-order valence-corrected chi connectivity index (χ2v) is 10.5. The van der Waals surface area contributed by atoms with Crippen LogP contribution >= 0.6 is 8.03 Å². The first-order valence-electron chi connectivity index (χ1n) is 11.6. The van der Waals surface area contributed by atoms with Crippen molar-refractivity contribution < 1.29 is 28.9 Å². The normalized spacial score (nSPS) is 17.3. The van der Waals surface area contributed by atoms with Crippen LogP contribution in [0.1, 0.15) is 43.2 Å². The first-order chi connectivity index (χ1) is 16.7. The van der Waals surface area contributed by atoms with Crippen molar-refractivity contribution in [2.75, 3.05) is 0 Å². The van der Waals surface area contributed by atoms with Crippen molar-refractivity contribution in [1.82, 2.24) is 4.98 Å². The molecule has 0 radical (unpaired) electrons. The highest BCUT2D eigenvalue weighted by atomic mass is 31.1. The maximum Gasteiger partial charge on any atom is 0.527 e. The highest BCUT2D eigenvalue weighted by molar-refractivity contribution is 7.41. The van der Waals surface area contributed by atoms with Crippen LogP contribution in [0.4, 0.5) is 4.39 Å². The van der Waals surface area contributed by atoms with E-state index in [-0.39, 0.29) is 5.92 Å². The van der Waals surface area contributed by atoms with Gasteiger partial charge in [0.15, 0.2) is 0 Å². The Morgan fingerprint density at radius 1 is 1.14 bits per heavy atom. The van der Waals surface area contributed by atoms with E-state index in [0.717, 1.165) is 24.0 Å². The molecule has 3 N–H and O–H groups in total. The number of halogens is 1. The minimum Gasteiger partial charge on any atom is -0.477 e. The Bertz CT molecular complexity index is 1230. The Morgan fingerprint density at radius 2 is 1.77 bits per heavy atom. The van der Waals surface area contributed by atoms with Gasteiger partial charge in [-0.1, -0.05) is 55.3 Å². The van der Waals surface area contributed by atoms with Gasteiger partial charge in [0.2, 0.25) is 0 Å².